The van der Waals surface area contributed by atoms with Crippen molar-refractivity contribution in [3.63, 3.8) is 0 Å². The fourth-order valence-electron chi connectivity index (χ4n) is 5.15. The third kappa shape index (κ3) is 7.08. The van der Waals surface area contributed by atoms with Gasteiger partial charge < -0.3 is 25.7 Å². The Bertz CT molecular complexity index is 1560. The van der Waals surface area contributed by atoms with Crippen LogP contribution in [0.25, 0.3) is 0 Å². The van der Waals surface area contributed by atoms with Gasteiger partial charge in [0.05, 0.1) is 17.5 Å². The van der Waals surface area contributed by atoms with Crippen LogP contribution in [-0.2, 0) is 16.8 Å². The predicted molar refractivity (Wildman–Crippen MR) is 167 cm³/mol. The summed E-state index contributed by atoms with van der Waals surface area (Å²) in [7, 11) is 0. The van der Waals surface area contributed by atoms with Crippen LogP contribution in [0, 0.1) is 5.92 Å². The summed E-state index contributed by atoms with van der Waals surface area (Å²) in [6.45, 7) is 7.14. The second kappa shape index (κ2) is 12.5. The van der Waals surface area contributed by atoms with Crippen molar-refractivity contribution in [1.82, 2.24) is 10.2 Å². The lowest BCUT2D eigenvalue weighted by Gasteiger charge is -2.32. The number of aliphatic hydroxyl groups excluding tert-OH is 1. The number of amides is 3. The molecular formula is C34H38N4O6. The fraction of sp³-hybridized carbons (Fsp3) is 0.353. The largest absolute Gasteiger partial charge is 0.481 e. The Hall–Kier alpha value is -4.70. The van der Waals surface area contributed by atoms with Crippen LogP contribution in [0.5, 0.6) is 0 Å². The number of nitrogens with zero attached hydrogens (tertiary/aromatic N) is 2. The Balaban J connectivity index is 1.35. The number of carbonyl (C=O) groups is 4. The first-order valence-electron chi connectivity index (χ1n) is 14.8. The van der Waals surface area contributed by atoms with E-state index in [1.807, 2.05) is 24.3 Å². The number of imide groups is 1. The van der Waals surface area contributed by atoms with Crippen molar-refractivity contribution < 1.29 is 29.4 Å². The van der Waals surface area contributed by atoms with Gasteiger partial charge in [-0.3, -0.25) is 24.1 Å². The molecule has 5 rings (SSSR count). The summed E-state index contributed by atoms with van der Waals surface area (Å²) in [6.07, 6.45) is 0.691. The van der Waals surface area contributed by atoms with E-state index >= 15 is 0 Å². The van der Waals surface area contributed by atoms with Gasteiger partial charge in [0.15, 0.2) is 0 Å². The molecule has 3 aromatic rings. The molecule has 2 aliphatic rings. The van der Waals surface area contributed by atoms with Crippen LogP contribution in [0.4, 0.5) is 11.4 Å². The van der Waals surface area contributed by atoms with Crippen molar-refractivity contribution in [3.8, 4) is 0 Å². The second-order valence-electron chi connectivity index (χ2n) is 12.5. The molecule has 0 bridgehead atoms. The molecule has 3 amide bonds. The number of carboxylic acids is 1. The van der Waals surface area contributed by atoms with Crippen LogP contribution in [0.2, 0.25) is 0 Å². The van der Waals surface area contributed by atoms with E-state index in [1.54, 1.807) is 47.4 Å². The Morgan fingerprint density at radius 3 is 2.23 bits per heavy atom. The summed E-state index contributed by atoms with van der Waals surface area (Å²) >= 11 is 0. The molecule has 1 atom stereocenters. The molecule has 44 heavy (non-hydrogen) atoms. The van der Waals surface area contributed by atoms with Crippen LogP contribution >= 0.6 is 0 Å². The molecule has 0 radical (unpaired) electrons. The average Bonchev–Trinajstić information content (AvgIpc) is 3.78. The van der Waals surface area contributed by atoms with Crippen molar-refractivity contribution in [3.05, 3.63) is 94.5 Å². The topological polar surface area (TPSA) is 139 Å². The van der Waals surface area contributed by atoms with Crippen molar-refractivity contribution >= 4 is 35.1 Å². The Morgan fingerprint density at radius 2 is 1.61 bits per heavy atom. The highest BCUT2D eigenvalue weighted by atomic mass is 16.4. The number of benzene rings is 3. The predicted octanol–water partition coefficient (Wildman–Crippen LogP) is 4.59. The lowest BCUT2D eigenvalue weighted by molar-refractivity contribution is -0.136. The zero-order chi connectivity index (χ0) is 31.6. The zero-order valence-electron chi connectivity index (χ0n) is 25.2. The lowest BCUT2D eigenvalue weighted by atomic mass is 9.87. The van der Waals surface area contributed by atoms with Gasteiger partial charge in [0.2, 0.25) is 6.35 Å². The first-order valence-corrected chi connectivity index (χ1v) is 14.8. The Morgan fingerprint density at radius 1 is 0.955 bits per heavy atom. The number of rotatable bonds is 12. The van der Waals surface area contributed by atoms with E-state index in [1.165, 1.54) is 4.90 Å². The van der Waals surface area contributed by atoms with Crippen LogP contribution < -0.4 is 15.5 Å². The molecule has 1 fully saturated rings. The van der Waals surface area contributed by atoms with Gasteiger partial charge in [0.25, 0.3) is 17.7 Å². The zero-order valence-corrected chi connectivity index (χ0v) is 25.2. The summed E-state index contributed by atoms with van der Waals surface area (Å²) < 4.78 is 0. The number of hydrogen-bond donors (Lipinski definition) is 4. The molecule has 10 heteroatoms. The number of aliphatic hydroxyl groups is 1. The van der Waals surface area contributed by atoms with Gasteiger partial charge in [-0.25, -0.2) is 0 Å². The standard InChI is InChI=1S/C34H38N4O6/c1-34(2,3)24-10-13-26(14-11-24)37(19-22-6-8-23(9-7-22)30(41)35-17-16-29(39)40)33(44)36-25-12-15-27-28(18-25)32(43)38(31(27)42)20-21-4-5-21/h6-15,18,21,33,36,44H,4-5,16-17,19-20H2,1-3H3,(H,35,41)(H,39,40). The minimum absolute atomic E-state index is 0.0348. The molecule has 3 aromatic carbocycles. The molecule has 10 nitrogen and oxygen atoms in total. The van der Waals surface area contributed by atoms with Crippen LogP contribution in [-0.4, -0.2) is 58.2 Å². The van der Waals surface area contributed by atoms with Crippen molar-refractivity contribution in [2.45, 2.75) is 58.3 Å². The van der Waals surface area contributed by atoms with E-state index in [0.29, 0.717) is 34.8 Å². The van der Waals surface area contributed by atoms with Crippen LogP contribution in [0.1, 0.15) is 82.2 Å². The highest BCUT2D eigenvalue weighted by molar-refractivity contribution is 6.21. The summed E-state index contributed by atoms with van der Waals surface area (Å²) in [5.41, 5.74) is 4.24. The van der Waals surface area contributed by atoms with E-state index in [4.69, 9.17) is 5.11 Å². The molecule has 1 aliphatic carbocycles. The van der Waals surface area contributed by atoms with Crippen LogP contribution in [0.15, 0.2) is 66.7 Å². The van der Waals surface area contributed by atoms with E-state index in [2.05, 4.69) is 31.4 Å². The van der Waals surface area contributed by atoms with Crippen LogP contribution in [0.3, 0.4) is 0 Å². The first-order chi connectivity index (χ1) is 20.9. The highest BCUT2D eigenvalue weighted by Gasteiger charge is 2.39. The maximum atomic E-state index is 13.0. The summed E-state index contributed by atoms with van der Waals surface area (Å²) in [4.78, 5) is 52.1. The number of anilines is 2. The van der Waals surface area contributed by atoms with Gasteiger partial charge in [-0.15, -0.1) is 0 Å². The molecule has 1 saturated carbocycles. The third-order valence-electron chi connectivity index (χ3n) is 7.96. The third-order valence-corrected chi connectivity index (χ3v) is 7.96. The van der Waals surface area contributed by atoms with Gasteiger partial charge in [-0.1, -0.05) is 45.0 Å². The maximum absolute atomic E-state index is 13.0. The molecular weight excluding hydrogens is 560 g/mol. The monoisotopic (exact) mass is 598 g/mol. The normalized spacial score (nSPS) is 15.1. The molecule has 230 valence electrons. The van der Waals surface area contributed by atoms with Gasteiger partial charge in [0, 0.05) is 36.6 Å². The highest BCUT2D eigenvalue weighted by Crippen LogP contribution is 2.34. The summed E-state index contributed by atoms with van der Waals surface area (Å²) in [6, 6.07) is 19.7. The smallest absolute Gasteiger partial charge is 0.305 e. The number of nitrogens with one attached hydrogen (secondary N) is 2. The Kier molecular flexibility index (Phi) is 8.73. The molecule has 1 aliphatic heterocycles. The molecule has 1 unspecified atom stereocenters. The number of fused-ring (bicyclic) bond motifs is 1. The maximum Gasteiger partial charge on any atom is 0.305 e. The summed E-state index contributed by atoms with van der Waals surface area (Å²) in [5.74, 6) is -1.55. The van der Waals surface area contributed by atoms with Crippen molar-refractivity contribution in [2.75, 3.05) is 23.3 Å². The molecule has 0 saturated heterocycles. The van der Waals surface area contributed by atoms with Gasteiger partial charge in [-0.05, 0) is 77.8 Å². The molecule has 0 aromatic heterocycles. The fourth-order valence-corrected chi connectivity index (χ4v) is 5.15. The van der Waals surface area contributed by atoms with E-state index in [9.17, 15) is 24.3 Å². The molecule has 1 heterocycles. The van der Waals surface area contributed by atoms with Gasteiger partial charge in [0.1, 0.15) is 0 Å². The molecule has 4 N–H and O–H groups in total. The second-order valence-corrected chi connectivity index (χ2v) is 12.5. The minimum Gasteiger partial charge on any atom is -0.481 e. The average molecular weight is 599 g/mol. The summed E-state index contributed by atoms with van der Waals surface area (Å²) in [5, 5.41) is 26.0. The van der Waals surface area contributed by atoms with Gasteiger partial charge in [-0.2, -0.15) is 0 Å². The first kappa shape index (κ1) is 30.7. The van der Waals surface area contributed by atoms with Crippen molar-refractivity contribution in [1.29, 1.82) is 0 Å². The van der Waals surface area contributed by atoms with E-state index in [0.717, 1.165) is 29.7 Å². The minimum atomic E-state index is -1.21. The number of carbonyl (C=O) groups excluding carboxylic acids is 3. The quantitative estimate of drug-likeness (QED) is 0.175. The molecule has 0 spiro atoms. The number of carboxylic acid groups (broad SMARTS) is 1. The van der Waals surface area contributed by atoms with E-state index in [-0.39, 0.29) is 42.6 Å². The van der Waals surface area contributed by atoms with Gasteiger partial charge >= 0.3 is 5.97 Å². The SMILES string of the molecule is CC(C)(C)c1ccc(N(Cc2ccc(C(=O)NCCC(=O)O)cc2)C(O)Nc2ccc3c(c2)C(=O)N(CC2CC2)C3=O)cc1. The van der Waals surface area contributed by atoms with Crippen molar-refractivity contribution in [2.24, 2.45) is 5.92 Å². The Labute approximate surface area is 256 Å². The number of hydrogen-bond acceptors (Lipinski definition) is 7. The van der Waals surface area contributed by atoms with E-state index < -0.39 is 12.3 Å². The lowest BCUT2D eigenvalue weighted by Crippen LogP contribution is -2.40. The number of aliphatic carboxylic acids is 1.